The fraction of sp³-hybridized carbons (Fsp3) is 0.308. The molecule has 19 heavy (non-hydrogen) atoms. The van der Waals surface area contributed by atoms with Crippen molar-refractivity contribution < 1.29 is 19.5 Å². The van der Waals surface area contributed by atoms with E-state index in [2.05, 4.69) is 15.9 Å². The highest BCUT2D eigenvalue weighted by molar-refractivity contribution is 9.10. The Morgan fingerprint density at radius 3 is 2.63 bits per heavy atom. The van der Waals surface area contributed by atoms with Crippen molar-refractivity contribution in [3.8, 4) is 0 Å². The predicted molar refractivity (Wildman–Crippen MR) is 72.2 cm³/mol. The van der Waals surface area contributed by atoms with Crippen molar-refractivity contribution >= 4 is 39.3 Å². The first-order chi connectivity index (χ1) is 8.90. The molecule has 1 aromatic rings. The predicted octanol–water partition coefficient (Wildman–Crippen LogP) is 2.09. The van der Waals surface area contributed by atoms with Crippen LogP contribution in [0, 0.1) is 5.92 Å². The van der Waals surface area contributed by atoms with Gasteiger partial charge in [-0.05, 0) is 35.0 Å². The van der Waals surface area contributed by atoms with E-state index < -0.39 is 11.9 Å². The Morgan fingerprint density at radius 1 is 1.42 bits per heavy atom. The van der Waals surface area contributed by atoms with E-state index in [0.717, 1.165) is 0 Å². The molecular formula is C13H12BrNO4. The summed E-state index contributed by atoms with van der Waals surface area (Å²) in [7, 11) is 0. The molecule has 0 saturated carbocycles. The van der Waals surface area contributed by atoms with Gasteiger partial charge < -0.3 is 10.0 Å². The van der Waals surface area contributed by atoms with E-state index in [9.17, 15) is 14.4 Å². The molecule has 0 aromatic heterocycles. The number of carbonyl (C=O) groups excluding carboxylic acids is 2. The van der Waals surface area contributed by atoms with Gasteiger partial charge in [0.2, 0.25) is 5.91 Å². The quantitative estimate of drug-likeness (QED) is 0.863. The second-order valence-electron chi connectivity index (χ2n) is 4.47. The molecule has 1 heterocycles. The number of carboxylic acid groups (broad SMARTS) is 1. The largest absolute Gasteiger partial charge is 0.481 e. The first-order valence-electron chi connectivity index (χ1n) is 5.74. The summed E-state index contributed by atoms with van der Waals surface area (Å²) < 4.78 is 0.664. The van der Waals surface area contributed by atoms with Gasteiger partial charge >= 0.3 is 5.97 Å². The van der Waals surface area contributed by atoms with Crippen molar-refractivity contribution in [1.82, 2.24) is 0 Å². The van der Waals surface area contributed by atoms with Crippen LogP contribution >= 0.6 is 15.9 Å². The second kappa shape index (κ2) is 5.13. The molecule has 1 saturated heterocycles. The Balaban J connectivity index is 2.36. The first kappa shape index (κ1) is 13.7. The van der Waals surface area contributed by atoms with E-state index in [1.165, 1.54) is 11.8 Å². The zero-order valence-electron chi connectivity index (χ0n) is 10.2. The van der Waals surface area contributed by atoms with Crippen LogP contribution in [-0.4, -0.2) is 29.3 Å². The average molecular weight is 326 g/mol. The SMILES string of the molecule is CC(=O)c1ccc(Br)c(N2CC(C(=O)O)CC2=O)c1. The summed E-state index contributed by atoms with van der Waals surface area (Å²) in [5, 5.41) is 8.96. The van der Waals surface area contributed by atoms with E-state index in [4.69, 9.17) is 5.11 Å². The van der Waals surface area contributed by atoms with Crippen molar-refractivity contribution in [1.29, 1.82) is 0 Å². The van der Waals surface area contributed by atoms with Gasteiger partial charge in [-0.1, -0.05) is 6.07 Å². The number of rotatable bonds is 3. The number of halogens is 1. The molecule has 0 aliphatic carbocycles. The molecule has 1 amide bonds. The lowest BCUT2D eigenvalue weighted by Crippen LogP contribution is -2.26. The molecule has 1 fully saturated rings. The third-order valence-electron chi connectivity index (χ3n) is 3.12. The smallest absolute Gasteiger partial charge is 0.308 e. The minimum atomic E-state index is -0.977. The Bertz CT molecular complexity index is 570. The Morgan fingerprint density at radius 2 is 2.11 bits per heavy atom. The van der Waals surface area contributed by atoms with Gasteiger partial charge in [0.05, 0.1) is 11.6 Å². The Hall–Kier alpha value is -1.69. The van der Waals surface area contributed by atoms with Gasteiger partial charge in [0.15, 0.2) is 5.78 Å². The molecule has 0 spiro atoms. The van der Waals surface area contributed by atoms with Crippen LogP contribution in [0.25, 0.3) is 0 Å². The van der Waals surface area contributed by atoms with E-state index >= 15 is 0 Å². The minimum Gasteiger partial charge on any atom is -0.481 e. The number of hydrogen-bond donors (Lipinski definition) is 1. The summed E-state index contributed by atoms with van der Waals surface area (Å²) in [4.78, 5) is 35.6. The lowest BCUT2D eigenvalue weighted by molar-refractivity contribution is -0.141. The van der Waals surface area contributed by atoms with Crippen LogP contribution in [0.5, 0.6) is 0 Å². The summed E-state index contributed by atoms with van der Waals surface area (Å²) in [6.07, 6.45) is -0.00786. The number of amides is 1. The van der Waals surface area contributed by atoms with Crippen LogP contribution in [0.4, 0.5) is 5.69 Å². The second-order valence-corrected chi connectivity index (χ2v) is 5.32. The molecule has 2 rings (SSSR count). The van der Waals surface area contributed by atoms with Gasteiger partial charge in [-0.25, -0.2) is 0 Å². The highest BCUT2D eigenvalue weighted by atomic mass is 79.9. The highest BCUT2D eigenvalue weighted by Gasteiger charge is 2.35. The molecule has 1 N–H and O–H groups in total. The van der Waals surface area contributed by atoms with Gasteiger partial charge in [-0.2, -0.15) is 0 Å². The van der Waals surface area contributed by atoms with Crippen LogP contribution in [0.1, 0.15) is 23.7 Å². The molecule has 1 aliphatic rings. The van der Waals surface area contributed by atoms with Crippen LogP contribution in [0.3, 0.4) is 0 Å². The summed E-state index contributed by atoms with van der Waals surface area (Å²) in [5.41, 5.74) is 1.03. The van der Waals surface area contributed by atoms with Gasteiger partial charge in [0.1, 0.15) is 0 Å². The summed E-state index contributed by atoms with van der Waals surface area (Å²) in [5.74, 6) is -2.01. The number of benzene rings is 1. The number of nitrogens with zero attached hydrogens (tertiary/aromatic N) is 1. The van der Waals surface area contributed by atoms with Crippen molar-refractivity contribution in [3.63, 3.8) is 0 Å². The van der Waals surface area contributed by atoms with E-state index in [0.29, 0.717) is 15.7 Å². The lowest BCUT2D eigenvalue weighted by atomic mass is 10.1. The molecule has 6 heteroatoms. The third kappa shape index (κ3) is 2.68. The van der Waals surface area contributed by atoms with Crippen LogP contribution in [0.2, 0.25) is 0 Å². The monoisotopic (exact) mass is 325 g/mol. The maximum atomic E-state index is 11.9. The molecule has 0 bridgehead atoms. The number of carbonyl (C=O) groups is 3. The number of aliphatic carboxylic acids is 1. The molecule has 1 unspecified atom stereocenters. The van der Waals surface area contributed by atoms with Crippen LogP contribution in [-0.2, 0) is 9.59 Å². The Kier molecular flexibility index (Phi) is 3.71. The van der Waals surface area contributed by atoms with Crippen molar-refractivity contribution in [2.75, 3.05) is 11.4 Å². The van der Waals surface area contributed by atoms with Crippen LogP contribution < -0.4 is 4.90 Å². The molecule has 1 atom stereocenters. The van der Waals surface area contributed by atoms with Gasteiger partial charge in [0, 0.05) is 23.0 Å². The molecule has 100 valence electrons. The molecular weight excluding hydrogens is 314 g/mol. The van der Waals surface area contributed by atoms with Crippen molar-refractivity contribution in [2.45, 2.75) is 13.3 Å². The fourth-order valence-corrected chi connectivity index (χ4v) is 2.51. The zero-order chi connectivity index (χ0) is 14.2. The summed E-state index contributed by atoms with van der Waals surface area (Å²) in [6, 6.07) is 4.95. The normalized spacial score (nSPS) is 18.7. The molecule has 1 aromatic carbocycles. The number of ketones is 1. The van der Waals surface area contributed by atoms with Crippen LogP contribution in [0.15, 0.2) is 22.7 Å². The topological polar surface area (TPSA) is 74.7 Å². The summed E-state index contributed by atoms with van der Waals surface area (Å²) in [6.45, 7) is 1.58. The van der Waals surface area contributed by atoms with E-state index in [1.54, 1.807) is 18.2 Å². The highest BCUT2D eigenvalue weighted by Crippen LogP contribution is 2.32. The first-order valence-corrected chi connectivity index (χ1v) is 6.53. The standard InChI is InChI=1S/C13H12BrNO4/c1-7(16)8-2-3-10(14)11(4-8)15-6-9(13(18)19)5-12(15)17/h2-4,9H,5-6H2,1H3,(H,18,19). The summed E-state index contributed by atoms with van der Waals surface area (Å²) >= 11 is 3.32. The van der Waals surface area contributed by atoms with Gasteiger partial charge in [-0.3, -0.25) is 14.4 Å². The molecule has 0 radical (unpaired) electrons. The zero-order valence-corrected chi connectivity index (χ0v) is 11.8. The fourth-order valence-electron chi connectivity index (χ4n) is 2.04. The number of anilines is 1. The lowest BCUT2D eigenvalue weighted by Gasteiger charge is -2.18. The maximum Gasteiger partial charge on any atom is 0.308 e. The van der Waals surface area contributed by atoms with Crippen molar-refractivity contribution in [3.05, 3.63) is 28.2 Å². The van der Waals surface area contributed by atoms with Gasteiger partial charge in [-0.15, -0.1) is 0 Å². The van der Waals surface area contributed by atoms with Gasteiger partial charge in [0.25, 0.3) is 0 Å². The molecule has 5 nitrogen and oxygen atoms in total. The number of carboxylic acids is 1. The molecule has 1 aliphatic heterocycles. The van der Waals surface area contributed by atoms with Crippen molar-refractivity contribution in [2.24, 2.45) is 5.92 Å². The Labute approximate surface area is 118 Å². The third-order valence-corrected chi connectivity index (χ3v) is 3.79. The minimum absolute atomic E-state index is 0.00786. The van der Waals surface area contributed by atoms with E-state index in [-0.39, 0.29) is 24.7 Å². The maximum absolute atomic E-state index is 11.9. The average Bonchev–Trinajstić information content (AvgIpc) is 2.72. The number of hydrogen-bond acceptors (Lipinski definition) is 3. The van der Waals surface area contributed by atoms with E-state index in [1.807, 2.05) is 0 Å². The number of Topliss-reactive ketones (excluding diaryl/α,β-unsaturated/α-hetero) is 1.